The largest absolute Gasteiger partial charge is 0.287 e. The molecule has 0 unspecified atom stereocenters. The van der Waals surface area contributed by atoms with Gasteiger partial charge in [0, 0.05) is 27.8 Å². The molecule has 5 aromatic rings. The second-order valence-electron chi connectivity index (χ2n) is 8.05. The van der Waals surface area contributed by atoms with Crippen LogP contribution in [0.4, 0.5) is 0 Å². The number of rotatable bonds is 5. The first-order chi connectivity index (χ1) is 17.5. The predicted molar refractivity (Wildman–Crippen MR) is 138 cm³/mol. The van der Waals surface area contributed by atoms with Gasteiger partial charge in [0.05, 0.1) is 35.0 Å². The smallest absolute Gasteiger partial charge is 0.270 e. The zero-order valence-corrected chi connectivity index (χ0v) is 19.7. The molecule has 3 aromatic carbocycles. The van der Waals surface area contributed by atoms with Gasteiger partial charge in [0.1, 0.15) is 0 Å². The van der Waals surface area contributed by atoms with Gasteiger partial charge < -0.3 is 0 Å². The van der Waals surface area contributed by atoms with Crippen molar-refractivity contribution in [3.8, 4) is 11.3 Å². The van der Waals surface area contributed by atoms with E-state index in [1.807, 2.05) is 36.4 Å². The van der Waals surface area contributed by atoms with Gasteiger partial charge in [-0.2, -0.15) is 5.10 Å². The first-order valence-electron chi connectivity index (χ1n) is 11.2. The summed E-state index contributed by atoms with van der Waals surface area (Å²) in [5.41, 5.74) is 7.63. The minimum absolute atomic E-state index is 0.0438. The maximum atomic E-state index is 13.1. The van der Waals surface area contributed by atoms with Gasteiger partial charge in [0.15, 0.2) is 0 Å². The summed E-state index contributed by atoms with van der Waals surface area (Å²) >= 11 is 6.35. The minimum atomic E-state index is -0.484. The van der Waals surface area contributed by atoms with Gasteiger partial charge in [0.2, 0.25) is 11.3 Å². The number of carbonyl (C=O) groups is 2. The molecule has 0 saturated heterocycles. The first-order valence-corrected chi connectivity index (χ1v) is 11.6. The second kappa shape index (κ2) is 9.97. The van der Waals surface area contributed by atoms with E-state index >= 15 is 0 Å². The van der Waals surface area contributed by atoms with Crippen molar-refractivity contribution in [2.75, 3.05) is 0 Å². The third-order valence-corrected chi connectivity index (χ3v) is 6.07. The Morgan fingerprint density at radius 3 is 2.44 bits per heavy atom. The molecule has 2 aromatic heterocycles. The molecule has 178 valence electrons. The summed E-state index contributed by atoms with van der Waals surface area (Å²) in [6.07, 6.45) is 1.27. The van der Waals surface area contributed by atoms with Crippen LogP contribution in [-0.4, -0.2) is 26.6 Å². The summed E-state index contributed by atoms with van der Waals surface area (Å²) in [4.78, 5) is 42.2. The number of aromatic nitrogens is 3. The normalized spacial score (nSPS) is 10.9. The Hall–Kier alpha value is -4.56. The van der Waals surface area contributed by atoms with Crippen molar-refractivity contribution in [3.63, 3.8) is 0 Å². The molecule has 0 bridgehead atoms. The number of pyridine rings is 1. The number of benzene rings is 3. The molecule has 36 heavy (non-hydrogen) atoms. The number of carbonyl (C=O) groups excluding carboxylic acids is 2. The van der Waals surface area contributed by atoms with Crippen molar-refractivity contribution < 1.29 is 9.59 Å². The summed E-state index contributed by atoms with van der Waals surface area (Å²) in [6, 6.07) is 23.2. The first kappa shape index (κ1) is 23.2. The Bertz CT molecular complexity index is 1680. The molecule has 8 nitrogen and oxygen atoms in total. The maximum absolute atomic E-state index is 13.1. The SMILES string of the molecule is O=C(CCn1ncc(=O)c2ccccc21)NNC(=O)c1cc(-c2ccccc2Cl)nc2ccccc12. The molecule has 0 fully saturated rings. The molecule has 0 atom stereocenters. The highest BCUT2D eigenvalue weighted by Crippen LogP contribution is 2.29. The van der Waals surface area contributed by atoms with Crippen LogP contribution in [0.15, 0.2) is 89.9 Å². The summed E-state index contributed by atoms with van der Waals surface area (Å²) < 4.78 is 1.59. The van der Waals surface area contributed by atoms with Gasteiger partial charge in [-0.15, -0.1) is 0 Å². The molecule has 0 saturated carbocycles. The standard InChI is InChI=1S/C27H20ClN5O3/c28-21-10-4-1-8-18(21)23-15-20(17-7-2-5-11-22(17)30-23)27(36)32-31-26(35)13-14-33-24-12-6-3-9-19(24)25(34)16-29-33/h1-12,15-16H,13-14H2,(H,31,35)(H,32,36). The van der Waals surface area contributed by atoms with Crippen molar-refractivity contribution in [1.29, 1.82) is 0 Å². The number of hydrazine groups is 1. The van der Waals surface area contributed by atoms with Crippen LogP contribution in [0.25, 0.3) is 33.1 Å². The average Bonchev–Trinajstić information content (AvgIpc) is 2.91. The number of para-hydroxylation sites is 2. The van der Waals surface area contributed by atoms with E-state index in [9.17, 15) is 14.4 Å². The molecule has 2 N–H and O–H groups in total. The van der Waals surface area contributed by atoms with Gasteiger partial charge in [-0.3, -0.25) is 29.9 Å². The number of halogens is 1. The van der Waals surface area contributed by atoms with Crippen LogP contribution in [0.5, 0.6) is 0 Å². The molecule has 2 heterocycles. The van der Waals surface area contributed by atoms with Crippen molar-refractivity contribution >= 4 is 45.2 Å². The number of hydrogen-bond donors (Lipinski definition) is 2. The molecule has 0 aliphatic rings. The molecule has 0 spiro atoms. The molecule has 0 radical (unpaired) electrons. The van der Waals surface area contributed by atoms with Gasteiger partial charge in [0.25, 0.3) is 5.91 Å². The lowest BCUT2D eigenvalue weighted by molar-refractivity contribution is -0.122. The van der Waals surface area contributed by atoms with Crippen LogP contribution >= 0.6 is 11.6 Å². The zero-order chi connectivity index (χ0) is 25.1. The van der Waals surface area contributed by atoms with Crippen LogP contribution in [0, 0.1) is 0 Å². The van der Waals surface area contributed by atoms with Gasteiger partial charge in [-0.1, -0.05) is 60.1 Å². The predicted octanol–water partition coefficient (Wildman–Crippen LogP) is 4.12. The van der Waals surface area contributed by atoms with E-state index in [-0.39, 0.29) is 18.4 Å². The molecule has 5 rings (SSSR count). The van der Waals surface area contributed by atoms with Crippen molar-refractivity contribution in [3.05, 3.63) is 106 Å². The van der Waals surface area contributed by atoms with Crippen LogP contribution in [-0.2, 0) is 11.3 Å². The maximum Gasteiger partial charge on any atom is 0.270 e. The lowest BCUT2D eigenvalue weighted by Gasteiger charge is -2.12. The van der Waals surface area contributed by atoms with E-state index in [0.717, 1.165) is 0 Å². The summed E-state index contributed by atoms with van der Waals surface area (Å²) in [7, 11) is 0. The molecule has 9 heteroatoms. The lowest BCUT2D eigenvalue weighted by Crippen LogP contribution is -2.42. The molecule has 2 amide bonds. The van der Waals surface area contributed by atoms with Crippen LogP contribution in [0.1, 0.15) is 16.8 Å². The third-order valence-electron chi connectivity index (χ3n) is 5.74. The number of hydrogen-bond acceptors (Lipinski definition) is 5. The Labute approximate surface area is 210 Å². The van der Waals surface area contributed by atoms with Gasteiger partial charge >= 0.3 is 0 Å². The summed E-state index contributed by atoms with van der Waals surface area (Å²) in [5.74, 6) is -0.889. The number of nitrogens with one attached hydrogen (secondary N) is 2. The average molecular weight is 498 g/mol. The van der Waals surface area contributed by atoms with Gasteiger partial charge in [-0.05, 0) is 30.3 Å². The lowest BCUT2D eigenvalue weighted by atomic mass is 10.0. The molecule has 0 aliphatic carbocycles. The highest BCUT2D eigenvalue weighted by Gasteiger charge is 2.16. The van der Waals surface area contributed by atoms with E-state index < -0.39 is 11.8 Å². The Kier molecular flexibility index (Phi) is 6.42. The Morgan fingerprint density at radius 1 is 0.889 bits per heavy atom. The second-order valence-corrected chi connectivity index (χ2v) is 8.46. The van der Waals surface area contributed by atoms with E-state index in [2.05, 4.69) is 20.9 Å². The van der Waals surface area contributed by atoms with E-state index in [1.54, 1.807) is 47.1 Å². The monoisotopic (exact) mass is 497 g/mol. The molecule has 0 aliphatic heterocycles. The van der Waals surface area contributed by atoms with E-state index in [0.29, 0.717) is 43.6 Å². The number of amides is 2. The summed E-state index contributed by atoms with van der Waals surface area (Å²) in [6.45, 7) is 0.233. The van der Waals surface area contributed by atoms with Crippen LogP contribution in [0.3, 0.4) is 0 Å². The van der Waals surface area contributed by atoms with E-state index in [1.165, 1.54) is 6.20 Å². The summed E-state index contributed by atoms with van der Waals surface area (Å²) in [5, 5.41) is 5.81. The topological polar surface area (TPSA) is 106 Å². The van der Waals surface area contributed by atoms with Crippen molar-refractivity contribution in [1.82, 2.24) is 25.6 Å². The fourth-order valence-electron chi connectivity index (χ4n) is 3.97. The number of nitrogens with zero attached hydrogens (tertiary/aromatic N) is 3. The minimum Gasteiger partial charge on any atom is -0.287 e. The fourth-order valence-corrected chi connectivity index (χ4v) is 4.21. The van der Waals surface area contributed by atoms with Crippen molar-refractivity contribution in [2.24, 2.45) is 0 Å². The van der Waals surface area contributed by atoms with Gasteiger partial charge in [-0.25, -0.2) is 4.98 Å². The Balaban J connectivity index is 1.32. The Morgan fingerprint density at radius 2 is 1.61 bits per heavy atom. The quantitative estimate of drug-likeness (QED) is 0.355. The third kappa shape index (κ3) is 4.67. The van der Waals surface area contributed by atoms with Crippen LogP contribution in [0.2, 0.25) is 5.02 Å². The highest BCUT2D eigenvalue weighted by molar-refractivity contribution is 6.33. The van der Waals surface area contributed by atoms with E-state index in [4.69, 9.17) is 11.6 Å². The zero-order valence-electron chi connectivity index (χ0n) is 18.9. The van der Waals surface area contributed by atoms with Crippen LogP contribution < -0.4 is 16.3 Å². The molecular formula is C27H20ClN5O3. The molecular weight excluding hydrogens is 478 g/mol. The number of fused-ring (bicyclic) bond motifs is 2. The van der Waals surface area contributed by atoms with Crippen molar-refractivity contribution in [2.45, 2.75) is 13.0 Å². The highest BCUT2D eigenvalue weighted by atomic mass is 35.5. The fraction of sp³-hybridized carbons (Fsp3) is 0.0741. The number of aryl methyl sites for hydroxylation is 1.